The van der Waals surface area contributed by atoms with E-state index in [0.29, 0.717) is 16.8 Å². The van der Waals surface area contributed by atoms with Crippen molar-refractivity contribution in [3.63, 3.8) is 0 Å². The number of Topliss-reactive ketones (excluding diaryl/α,β-unsaturated/α-hetero) is 1. The fraction of sp³-hybridized carbons (Fsp3) is 0.350. The van der Waals surface area contributed by atoms with Gasteiger partial charge in [-0.1, -0.05) is 6.07 Å². The van der Waals surface area contributed by atoms with E-state index in [-0.39, 0.29) is 17.2 Å². The first kappa shape index (κ1) is 18.1. The summed E-state index contributed by atoms with van der Waals surface area (Å²) in [6, 6.07) is 9.12. The Morgan fingerprint density at radius 2 is 1.88 bits per heavy atom. The molecule has 0 bridgehead atoms. The average molecular weight is 354 g/mol. The molecule has 1 heterocycles. The summed E-state index contributed by atoms with van der Waals surface area (Å²) in [5, 5.41) is 11.0. The van der Waals surface area contributed by atoms with Crippen molar-refractivity contribution < 1.29 is 14.7 Å². The highest BCUT2D eigenvalue weighted by atomic mass is 16.3. The van der Waals surface area contributed by atoms with Gasteiger partial charge in [-0.15, -0.1) is 0 Å². The van der Waals surface area contributed by atoms with Crippen LogP contribution in [-0.4, -0.2) is 34.5 Å². The fourth-order valence-electron chi connectivity index (χ4n) is 3.41. The van der Waals surface area contributed by atoms with Gasteiger partial charge in [0.1, 0.15) is 0 Å². The number of pyridine rings is 1. The highest BCUT2D eigenvalue weighted by Gasteiger charge is 2.48. The van der Waals surface area contributed by atoms with Gasteiger partial charge in [-0.2, -0.15) is 0 Å². The Labute approximate surface area is 151 Å². The minimum atomic E-state index is -1.08. The third-order valence-corrected chi connectivity index (χ3v) is 5.23. The molecule has 0 spiro atoms. The molecule has 1 aromatic heterocycles. The summed E-state index contributed by atoms with van der Waals surface area (Å²) in [6.45, 7) is 4.81. The Bertz CT molecular complexity index is 945. The number of carbonyl (C=O) groups excluding carboxylic acids is 2. The van der Waals surface area contributed by atoms with Crippen molar-refractivity contribution in [3.8, 4) is 0 Å². The van der Waals surface area contributed by atoms with Gasteiger partial charge < -0.3 is 14.6 Å². The predicted molar refractivity (Wildman–Crippen MR) is 98.5 cm³/mol. The number of aliphatic hydroxyl groups excluding tert-OH is 1. The number of carbonyl (C=O) groups is 2. The number of hydrogen-bond donors (Lipinski definition) is 1. The highest BCUT2D eigenvalue weighted by Crippen LogP contribution is 2.43. The highest BCUT2D eigenvalue weighted by molar-refractivity contribution is 6.04. The average Bonchev–Trinajstić information content (AvgIpc) is 2.61. The van der Waals surface area contributed by atoms with Crippen LogP contribution in [0.5, 0.6) is 0 Å². The van der Waals surface area contributed by atoms with E-state index in [9.17, 15) is 19.5 Å². The maximum atomic E-state index is 12.9. The van der Waals surface area contributed by atoms with E-state index in [4.69, 9.17) is 0 Å². The Morgan fingerprint density at radius 3 is 2.50 bits per heavy atom. The van der Waals surface area contributed by atoms with Crippen LogP contribution in [-0.2, 0) is 4.79 Å². The lowest BCUT2D eigenvalue weighted by Crippen LogP contribution is -2.49. The number of amides is 1. The number of hydrogen-bond acceptors (Lipinski definition) is 4. The number of ketones is 1. The lowest BCUT2D eigenvalue weighted by Gasteiger charge is -2.41. The standard InChI is InChI=1S/C20H22N2O4/c1-12(23)21(4)13-8-9-14-15(11-13)17(19(26)20(2,3)18(14)25)22-10-6-5-7-16(22)24/h5-11,17,19,26H,1-4H3/t17-,19+/m1/s1. The first-order valence-corrected chi connectivity index (χ1v) is 8.44. The monoisotopic (exact) mass is 354 g/mol. The zero-order chi connectivity index (χ0) is 19.2. The minimum Gasteiger partial charge on any atom is -0.390 e. The molecule has 136 valence electrons. The molecule has 1 aromatic carbocycles. The van der Waals surface area contributed by atoms with Gasteiger partial charge in [-0.25, -0.2) is 0 Å². The summed E-state index contributed by atoms with van der Waals surface area (Å²) in [6.07, 6.45) is 0.522. The van der Waals surface area contributed by atoms with Crippen molar-refractivity contribution >= 4 is 17.4 Å². The lowest BCUT2D eigenvalue weighted by molar-refractivity contribution is -0.116. The van der Waals surface area contributed by atoms with Crippen molar-refractivity contribution in [3.05, 3.63) is 64.1 Å². The Balaban J connectivity index is 2.28. The maximum absolute atomic E-state index is 12.9. The van der Waals surface area contributed by atoms with Crippen molar-refractivity contribution in [2.24, 2.45) is 5.41 Å². The van der Waals surface area contributed by atoms with Crippen LogP contribution in [0.1, 0.15) is 42.7 Å². The van der Waals surface area contributed by atoms with Crippen molar-refractivity contribution in [2.75, 3.05) is 11.9 Å². The molecular weight excluding hydrogens is 332 g/mol. The molecule has 6 nitrogen and oxygen atoms in total. The smallest absolute Gasteiger partial charge is 0.251 e. The van der Waals surface area contributed by atoms with E-state index in [1.54, 1.807) is 57.4 Å². The van der Waals surface area contributed by atoms with Crippen molar-refractivity contribution in [2.45, 2.75) is 32.9 Å². The quantitative estimate of drug-likeness (QED) is 0.895. The first-order chi connectivity index (χ1) is 12.2. The van der Waals surface area contributed by atoms with E-state index in [1.165, 1.54) is 22.5 Å². The number of rotatable bonds is 2. The summed E-state index contributed by atoms with van der Waals surface area (Å²) in [4.78, 5) is 38.5. The predicted octanol–water partition coefficient (Wildman–Crippen LogP) is 2.00. The summed E-state index contributed by atoms with van der Waals surface area (Å²) >= 11 is 0. The first-order valence-electron chi connectivity index (χ1n) is 8.44. The topological polar surface area (TPSA) is 79.6 Å². The summed E-state index contributed by atoms with van der Waals surface area (Å²) in [7, 11) is 1.64. The van der Waals surface area contributed by atoms with Crippen LogP contribution in [0.3, 0.4) is 0 Å². The summed E-state index contributed by atoms with van der Waals surface area (Å²) < 4.78 is 1.44. The number of anilines is 1. The number of nitrogens with zero attached hydrogens (tertiary/aromatic N) is 2. The summed E-state index contributed by atoms with van der Waals surface area (Å²) in [5.74, 6) is -0.335. The molecule has 1 amide bonds. The maximum Gasteiger partial charge on any atom is 0.251 e. The van der Waals surface area contributed by atoms with Crippen LogP contribution in [0.4, 0.5) is 5.69 Å². The van der Waals surface area contributed by atoms with E-state index in [2.05, 4.69) is 0 Å². The Morgan fingerprint density at radius 1 is 1.19 bits per heavy atom. The van der Waals surface area contributed by atoms with Gasteiger partial charge in [0.25, 0.3) is 5.56 Å². The molecule has 1 aliphatic carbocycles. The van der Waals surface area contributed by atoms with Crippen molar-refractivity contribution in [1.29, 1.82) is 0 Å². The molecule has 3 rings (SSSR count). The zero-order valence-electron chi connectivity index (χ0n) is 15.3. The molecule has 1 aliphatic rings. The lowest BCUT2D eigenvalue weighted by atomic mass is 9.68. The molecule has 6 heteroatoms. The van der Waals surface area contributed by atoms with Gasteiger partial charge in [0, 0.05) is 37.5 Å². The van der Waals surface area contributed by atoms with Crippen LogP contribution in [0, 0.1) is 5.41 Å². The molecule has 1 N–H and O–H groups in total. The molecule has 0 saturated carbocycles. The molecule has 26 heavy (non-hydrogen) atoms. The summed E-state index contributed by atoms with van der Waals surface area (Å²) in [5.41, 5.74) is 0.298. The van der Waals surface area contributed by atoms with E-state index in [0.717, 1.165) is 0 Å². The van der Waals surface area contributed by atoms with Gasteiger partial charge in [-0.3, -0.25) is 14.4 Å². The number of benzene rings is 1. The molecule has 0 fully saturated rings. The second-order valence-electron chi connectivity index (χ2n) is 7.24. The molecule has 2 aromatic rings. The number of aromatic nitrogens is 1. The van der Waals surface area contributed by atoms with Gasteiger partial charge >= 0.3 is 0 Å². The van der Waals surface area contributed by atoms with Gasteiger partial charge in [0.2, 0.25) is 5.91 Å². The fourth-order valence-corrected chi connectivity index (χ4v) is 3.41. The largest absolute Gasteiger partial charge is 0.390 e. The van der Waals surface area contributed by atoms with Crippen LogP contribution in [0.2, 0.25) is 0 Å². The molecule has 0 unspecified atom stereocenters. The SMILES string of the molecule is CC(=O)N(C)c1ccc2c(c1)[C@@H](n1ccccc1=O)[C@H](O)C(C)(C)C2=O. The molecule has 2 atom stereocenters. The Kier molecular flexibility index (Phi) is 4.32. The second-order valence-corrected chi connectivity index (χ2v) is 7.24. The van der Waals surface area contributed by atoms with Crippen LogP contribution < -0.4 is 10.5 Å². The normalized spacial score (nSPS) is 21.2. The van der Waals surface area contributed by atoms with Gasteiger partial charge in [0.05, 0.1) is 17.6 Å². The minimum absolute atomic E-state index is 0.151. The van der Waals surface area contributed by atoms with Crippen LogP contribution >= 0.6 is 0 Å². The van der Waals surface area contributed by atoms with E-state index >= 15 is 0 Å². The zero-order valence-corrected chi connectivity index (χ0v) is 15.3. The van der Waals surface area contributed by atoms with E-state index in [1.807, 2.05) is 0 Å². The number of aliphatic hydroxyl groups is 1. The third-order valence-electron chi connectivity index (χ3n) is 5.23. The van der Waals surface area contributed by atoms with Crippen LogP contribution in [0.25, 0.3) is 0 Å². The van der Waals surface area contributed by atoms with Crippen LogP contribution in [0.15, 0.2) is 47.4 Å². The third kappa shape index (κ3) is 2.66. The van der Waals surface area contributed by atoms with Gasteiger partial charge in [0.15, 0.2) is 5.78 Å². The molecule has 0 saturated heterocycles. The van der Waals surface area contributed by atoms with E-state index < -0.39 is 17.6 Å². The van der Waals surface area contributed by atoms with Gasteiger partial charge in [-0.05, 0) is 43.7 Å². The molecule has 0 radical (unpaired) electrons. The molecule has 0 aliphatic heterocycles. The second kappa shape index (κ2) is 6.21. The number of fused-ring (bicyclic) bond motifs is 1. The van der Waals surface area contributed by atoms with Crippen molar-refractivity contribution in [1.82, 2.24) is 4.57 Å². The Hall–Kier alpha value is -2.73. The molecular formula is C20H22N2O4.